The van der Waals surface area contributed by atoms with Gasteiger partial charge in [-0.1, -0.05) is 6.92 Å². The molecule has 2 rings (SSSR count). The molecule has 1 atom stereocenters. The maximum absolute atomic E-state index is 11.8. The van der Waals surface area contributed by atoms with E-state index in [0.29, 0.717) is 0 Å². The van der Waals surface area contributed by atoms with Crippen LogP contribution in [0.2, 0.25) is 0 Å². The number of nitrogens with one attached hydrogen (secondary N) is 1. The summed E-state index contributed by atoms with van der Waals surface area (Å²) in [7, 11) is 0. The van der Waals surface area contributed by atoms with Crippen LogP contribution in [-0.2, 0) is 9.59 Å². The lowest BCUT2D eigenvalue weighted by atomic mass is 10.0. The molecular weight excluding hydrogens is 262 g/mol. The molecule has 19 heavy (non-hydrogen) atoms. The van der Waals surface area contributed by atoms with E-state index in [4.69, 9.17) is 5.11 Å². The summed E-state index contributed by atoms with van der Waals surface area (Å²) in [5.41, 5.74) is 0.749. The summed E-state index contributed by atoms with van der Waals surface area (Å²) in [6.45, 7) is 1.76. The van der Waals surface area contributed by atoms with Crippen LogP contribution in [0.15, 0.2) is 29.6 Å². The molecule has 0 fully saturated rings. The number of hydrogen-bond acceptors (Lipinski definition) is 3. The van der Waals surface area contributed by atoms with Gasteiger partial charge in [-0.05, 0) is 40.9 Å². The van der Waals surface area contributed by atoms with Crippen LogP contribution in [0.25, 0.3) is 10.1 Å². The third-order valence-electron chi connectivity index (χ3n) is 2.79. The lowest BCUT2D eigenvalue weighted by Gasteiger charge is -2.09. The Balaban J connectivity index is 1.96. The van der Waals surface area contributed by atoms with E-state index >= 15 is 0 Å². The zero-order valence-corrected chi connectivity index (χ0v) is 11.4. The van der Waals surface area contributed by atoms with Crippen molar-refractivity contribution in [3.8, 4) is 0 Å². The molecule has 1 heterocycles. The van der Waals surface area contributed by atoms with Crippen LogP contribution in [0.5, 0.6) is 0 Å². The number of anilines is 1. The van der Waals surface area contributed by atoms with Crippen LogP contribution in [0.4, 0.5) is 5.69 Å². The molecule has 100 valence electrons. The van der Waals surface area contributed by atoms with E-state index in [1.165, 1.54) is 4.70 Å². The van der Waals surface area contributed by atoms with Crippen molar-refractivity contribution in [3.05, 3.63) is 29.6 Å². The van der Waals surface area contributed by atoms with Gasteiger partial charge in [0.05, 0.1) is 0 Å². The molecule has 1 aromatic carbocycles. The third kappa shape index (κ3) is 3.79. The van der Waals surface area contributed by atoms with Gasteiger partial charge in [-0.25, -0.2) is 0 Å². The first-order valence-corrected chi connectivity index (χ1v) is 6.91. The average molecular weight is 277 g/mol. The van der Waals surface area contributed by atoms with E-state index in [1.54, 1.807) is 18.3 Å². The summed E-state index contributed by atoms with van der Waals surface area (Å²) in [6.07, 6.45) is 0.227. The van der Waals surface area contributed by atoms with Crippen molar-refractivity contribution in [2.75, 3.05) is 5.32 Å². The molecule has 0 radical (unpaired) electrons. The largest absolute Gasteiger partial charge is 0.481 e. The Morgan fingerprint density at radius 3 is 2.84 bits per heavy atom. The van der Waals surface area contributed by atoms with Gasteiger partial charge < -0.3 is 10.4 Å². The van der Waals surface area contributed by atoms with Crippen LogP contribution < -0.4 is 5.32 Å². The summed E-state index contributed by atoms with van der Waals surface area (Å²) in [6, 6.07) is 7.75. The molecule has 1 aromatic heterocycles. The second kappa shape index (κ2) is 5.84. The molecule has 0 bridgehead atoms. The van der Waals surface area contributed by atoms with Crippen molar-refractivity contribution in [1.29, 1.82) is 0 Å². The van der Waals surface area contributed by atoms with E-state index in [-0.39, 0.29) is 24.7 Å². The van der Waals surface area contributed by atoms with Gasteiger partial charge in [0, 0.05) is 23.2 Å². The molecule has 4 nitrogen and oxygen atoms in total. The minimum absolute atomic E-state index is 0.0109. The molecule has 0 saturated carbocycles. The van der Waals surface area contributed by atoms with Crippen molar-refractivity contribution < 1.29 is 14.7 Å². The van der Waals surface area contributed by atoms with Crippen LogP contribution in [0.1, 0.15) is 19.8 Å². The van der Waals surface area contributed by atoms with Crippen LogP contribution in [-0.4, -0.2) is 17.0 Å². The fourth-order valence-corrected chi connectivity index (χ4v) is 2.71. The molecule has 2 N–H and O–H groups in total. The molecule has 1 amide bonds. The summed E-state index contributed by atoms with van der Waals surface area (Å²) < 4.78 is 1.18. The Kier molecular flexibility index (Phi) is 4.16. The van der Waals surface area contributed by atoms with Gasteiger partial charge in [-0.15, -0.1) is 11.3 Å². The normalized spacial score (nSPS) is 12.3. The zero-order valence-electron chi connectivity index (χ0n) is 10.6. The average Bonchev–Trinajstić information content (AvgIpc) is 2.74. The summed E-state index contributed by atoms with van der Waals surface area (Å²) in [4.78, 5) is 22.3. The second-order valence-electron chi connectivity index (χ2n) is 4.63. The highest BCUT2D eigenvalue weighted by Gasteiger charge is 2.12. The number of fused-ring (bicyclic) bond motifs is 1. The standard InChI is InChI=1S/C14H15NO3S/c1-9(7-14(17)18)6-13(16)15-11-2-3-12-10(8-11)4-5-19-12/h2-5,8-9H,6-7H2,1H3,(H,15,16)(H,17,18). The molecule has 0 spiro atoms. The Hall–Kier alpha value is -1.88. The number of carboxylic acids is 1. The number of carboxylic acid groups (broad SMARTS) is 1. The van der Waals surface area contributed by atoms with Gasteiger partial charge in [-0.2, -0.15) is 0 Å². The van der Waals surface area contributed by atoms with Gasteiger partial charge in [0.2, 0.25) is 5.91 Å². The Labute approximate surface area is 115 Å². The first-order chi connectivity index (χ1) is 9.04. The van der Waals surface area contributed by atoms with Crippen molar-refractivity contribution in [2.45, 2.75) is 19.8 Å². The number of thiophene rings is 1. The lowest BCUT2D eigenvalue weighted by Crippen LogP contribution is -2.16. The predicted octanol–water partition coefficient (Wildman–Crippen LogP) is 3.34. The van der Waals surface area contributed by atoms with E-state index in [1.807, 2.05) is 29.6 Å². The summed E-state index contributed by atoms with van der Waals surface area (Å²) in [5.74, 6) is -1.19. The molecule has 1 unspecified atom stereocenters. The van der Waals surface area contributed by atoms with Crippen molar-refractivity contribution in [3.63, 3.8) is 0 Å². The lowest BCUT2D eigenvalue weighted by molar-refractivity contribution is -0.138. The number of carbonyl (C=O) groups is 2. The zero-order chi connectivity index (χ0) is 13.8. The highest BCUT2D eigenvalue weighted by atomic mass is 32.1. The molecule has 2 aromatic rings. The van der Waals surface area contributed by atoms with E-state index in [2.05, 4.69) is 5.32 Å². The highest BCUT2D eigenvalue weighted by Crippen LogP contribution is 2.24. The summed E-state index contributed by atoms with van der Waals surface area (Å²) >= 11 is 1.65. The van der Waals surface area contributed by atoms with Gasteiger partial charge in [0.1, 0.15) is 0 Å². The molecule has 0 aliphatic heterocycles. The van der Waals surface area contributed by atoms with Gasteiger partial charge in [0.15, 0.2) is 0 Å². The Bertz CT molecular complexity index is 606. The van der Waals surface area contributed by atoms with Crippen LogP contribution in [0.3, 0.4) is 0 Å². The first kappa shape index (κ1) is 13.5. The quantitative estimate of drug-likeness (QED) is 0.880. The van der Waals surface area contributed by atoms with Gasteiger partial charge >= 0.3 is 5.97 Å². The number of hydrogen-bond donors (Lipinski definition) is 2. The predicted molar refractivity (Wildman–Crippen MR) is 76.5 cm³/mol. The molecule has 0 aliphatic carbocycles. The maximum Gasteiger partial charge on any atom is 0.303 e. The molecule has 0 aliphatic rings. The van der Waals surface area contributed by atoms with Crippen LogP contribution >= 0.6 is 11.3 Å². The SMILES string of the molecule is CC(CC(=O)O)CC(=O)Nc1ccc2sccc2c1. The maximum atomic E-state index is 11.8. The number of benzene rings is 1. The number of amides is 1. The van der Waals surface area contributed by atoms with E-state index in [9.17, 15) is 9.59 Å². The first-order valence-electron chi connectivity index (χ1n) is 6.03. The smallest absolute Gasteiger partial charge is 0.303 e. The number of carbonyl (C=O) groups excluding carboxylic acids is 1. The minimum Gasteiger partial charge on any atom is -0.481 e. The molecule has 0 saturated heterocycles. The Morgan fingerprint density at radius 1 is 1.32 bits per heavy atom. The number of rotatable bonds is 5. The van der Waals surface area contributed by atoms with E-state index in [0.717, 1.165) is 11.1 Å². The topological polar surface area (TPSA) is 66.4 Å². The molecular formula is C14H15NO3S. The third-order valence-corrected chi connectivity index (χ3v) is 3.69. The second-order valence-corrected chi connectivity index (χ2v) is 5.58. The monoisotopic (exact) mass is 277 g/mol. The van der Waals surface area contributed by atoms with Gasteiger partial charge in [0.25, 0.3) is 0 Å². The van der Waals surface area contributed by atoms with Crippen molar-refractivity contribution in [2.24, 2.45) is 5.92 Å². The Morgan fingerprint density at radius 2 is 2.11 bits per heavy atom. The highest BCUT2D eigenvalue weighted by molar-refractivity contribution is 7.17. The fourth-order valence-electron chi connectivity index (χ4n) is 1.94. The minimum atomic E-state index is -0.875. The molecule has 5 heteroatoms. The fraction of sp³-hybridized carbons (Fsp3) is 0.286. The summed E-state index contributed by atoms with van der Waals surface area (Å²) in [5, 5.41) is 14.6. The van der Waals surface area contributed by atoms with Crippen molar-refractivity contribution in [1.82, 2.24) is 0 Å². The van der Waals surface area contributed by atoms with Crippen molar-refractivity contribution >= 4 is 39.0 Å². The van der Waals surface area contributed by atoms with Crippen LogP contribution in [0, 0.1) is 5.92 Å². The number of aliphatic carboxylic acids is 1. The van der Waals surface area contributed by atoms with E-state index < -0.39 is 5.97 Å². The van der Waals surface area contributed by atoms with Gasteiger partial charge in [-0.3, -0.25) is 9.59 Å².